The summed E-state index contributed by atoms with van der Waals surface area (Å²) in [6, 6.07) is -0.186. The summed E-state index contributed by atoms with van der Waals surface area (Å²) in [5.74, 6) is -0.387. The summed E-state index contributed by atoms with van der Waals surface area (Å²) in [7, 11) is 0. The molecule has 4 nitrogen and oxygen atoms in total. The number of carbonyl (C=O) groups excluding carboxylic acids is 1. The smallest absolute Gasteiger partial charge is 0.308 e. The monoisotopic (exact) mass is 297 g/mol. The molecule has 1 saturated heterocycles. The van der Waals surface area contributed by atoms with Crippen LogP contribution in [0.2, 0.25) is 0 Å². The van der Waals surface area contributed by atoms with Gasteiger partial charge in [0.1, 0.15) is 0 Å². The third-order valence-electron chi connectivity index (χ3n) is 4.66. The van der Waals surface area contributed by atoms with Gasteiger partial charge in [0, 0.05) is 19.0 Å². The van der Waals surface area contributed by atoms with E-state index in [1.54, 1.807) is 4.90 Å². The summed E-state index contributed by atoms with van der Waals surface area (Å²) in [6.45, 7) is 8.93. The first kappa shape index (κ1) is 18.0. The number of aliphatic carboxylic acids is 1. The van der Waals surface area contributed by atoms with Gasteiger partial charge in [-0.15, -0.1) is 0 Å². The van der Waals surface area contributed by atoms with Crippen molar-refractivity contribution in [2.75, 3.05) is 6.54 Å². The molecule has 0 aromatic heterocycles. The van der Waals surface area contributed by atoms with Gasteiger partial charge in [-0.1, -0.05) is 46.5 Å². The van der Waals surface area contributed by atoms with Crippen LogP contribution in [0.25, 0.3) is 0 Å². The Hall–Kier alpha value is -1.06. The Morgan fingerprint density at radius 2 is 1.86 bits per heavy atom. The first-order valence-corrected chi connectivity index (χ1v) is 8.36. The molecule has 3 atom stereocenters. The molecule has 0 aromatic carbocycles. The zero-order valence-corrected chi connectivity index (χ0v) is 14.0. The van der Waals surface area contributed by atoms with E-state index in [0.717, 1.165) is 18.8 Å². The van der Waals surface area contributed by atoms with Crippen molar-refractivity contribution in [1.82, 2.24) is 4.90 Å². The van der Waals surface area contributed by atoms with E-state index in [1.165, 1.54) is 19.3 Å². The fourth-order valence-electron chi connectivity index (χ4n) is 3.38. The number of piperidine rings is 1. The van der Waals surface area contributed by atoms with E-state index in [-0.39, 0.29) is 17.9 Å². The zero-order chi connectivity index (χ0) is 16.0. The molecule has 4 heteroatoms. The first-order chi connectivity index (χ1) is 9.84. The molecule has 0 aliphatic carbocycles. The van der Waals surface area contributed by atoms with Crippen LogP contribution in [-0.2, 0) is 9.59 Å². The number of likely N-dealkylation sites (tertiary alicyclic amines) is 1. The second-order valence-electron chi connectivity index (χ2n) is 6.97. The SMILES string of the molecule is CC(C)CCCCCCN1C(=O)CC(C)C(C(=O)O)C1C. The van der Waals surface area contributed by atoms with Crippen LogP contribution in [0, 0.1) is 17.8 Å². The Morgan fingerprint density at radius 1 is 1.24 bits per heavy atom. The van der Waals surface area contributed by atoms with Gasteiger partial charge in [0.05, 0.1) is 5.92 Å². The van der Waals surface area contributed by atoms with Crippen LogP contribution < -0.4 is 0 Å². The molecule has 1 rings (SSSR count). The molecule has 0 aromatic rings. The van der Waals surface area contributed by atoms with Crippen LogP contribution in [-0.4, -0.2) is 34.5 Å². The maximum atomic E-state index is 12.1. The van der Waals surface area contributed by atoms with Crippen LogP contribution >= 0.6 is 0 Å². The van der Waals surface area contributed by atoms with E-state index in [9.17, 15) is 14.7 Å². The number of carboxylic acid groups (broad SMARTS) is 1. The fraction of sp³-hybridized carbons (Fsp3) is 0.882. The van der Waals surface area contributed by atoms with Crippen molar-refractivity contribution in [2.45, 2.75) is 72.3 Å². The van der Waals surface area contributed by atoms with Crippen molar-refractivity contribution >= 4 is 11.9 Å². The van der Waals surface area contributed by atoms with Gasteiger partial charge in [-0.05, 0) is 25.2 Å². The van der Waals surface area contributed by atoms with Gasteiger partial charge < -0.3 is 10.0 Å². The highest BCUT2D eigenvalue weighted by Crippen LogP contribution is 2.30. The van der Waals surface area contributed by atoms with Crippen LogP contribution in [0.5, 0.6) is 0 Å². The first-order valence-electron chi connectivity index (χ1n) is 8.36. The van der Waals surface area contributed by atoms with Crippen molar-refractivity contribution in [3.63, 3.8) is 0 Å². The number of unbranched alkanes of at least 4 members (excludes halogenated alkanes) is 3. The van der Waals surface area contributed by atoms with Crippen LogP contribution in [0.15, 0.2) is 0 Å². The lowest BCUT2D eigenvalue weighted by atomic mass is 9.81. The van der Waals surface area contributed by atoms with Crippen LogP contribution in [0.3, 0.4) is 0 Å². The normalized spacial score (nSPS) is 26.4. The maximum absolute atomic E-state index is 12.1. The standard InChI is InChI=1S/C17H31NO3/c1-12(2)9-7-5-6-8-10-18-14(4)16(17(20)21)13(3)11-15(18)19/h12-14,16H,5-11H2,1-4H3,(H,20,21). The van der Waals surface area contributed by atoms with Gasteiger partial charge in [0.15, 0.2) is 0 Å². The van der Waals surface area contributed by atoms with Gasteiger partial charge in [0.2, 0.25) is 5.91 Å². The molecule has 3 unspecified atom stereocenters. The molecule has 1 N–H and O–H groups in total. The van der Waals surface area contributed by atoms with Gasteiger partial charge >= 0.3 is 5.97 Å². The molecule has 1 aliphatic heterocycles. The Morgan fingerprint density at radius 3 is 2.43 bits per heavy atom. The van der Waals surface area contributed by atoms with E-state index in [0.29, 0.717) is 13.0 Å². The van der Waals surface area contributed by atoms with E-state index >= 15 is 0 Å². The Kier molecular flexibility index (Phi) is 7.20. The lowest BCUT2D eigenvalue weighted by Gasteiger charge is -2.40. The number of carbonyl (C=O) groups is 2. The third-order valence-corrected chi connectivity index (χ3v) is 4.66. The predicted octanol–water partition coefficient (Wildman–Crippen LogP) is 3.55. The van der Waals surface area contributed by atoms with Crippen molar-refractivity contribution in [3.05, 3.63) is 0 Å². The third kappa shape index (κ3) is 5.33. The predicted molar refractivity (Wildman–Crippen MR) is 84.0 cm³/mol. The number of hydrogen-bond donors (Lipinski definition) is 1. The molecule has 122 valence electrons. The van der Waals surface area contributed by atoms with Crippen LogP contribution in [0.4, 0.5) is 0 Å². The molecule has 21 heavy (non-hydrogen) atoms. The summed E-state index contributed by atoms with van der Waals surface area (Å²) < 4.78 is 0. The average Bonchev–Trinajstić information content (AvgIpc) is 2.35. The largest absolute Gasteiger partial charge is 0.481 e. The lowest BCUT2D eigenvalue weighted by molar-refractivity contribution is -0.154. The van der Waals surface area contributed by atoms with E-state index < -0.39 is 11.9 Å². The quantitative estimate of drug-likeness (QED) is 0.697. The minimum absolute atomic E-state index is 0.0627. The highest BCUT2D eigenvalue weighted by molar-refractivity contribution is 5.81. The zero-order valence-electron chi connectivity index (χ0n) is 14.0. The number of hydrogen-bond acceptors (Lipinski definition) is 2. The summed E-state index contributed by atoms with van der Waals surface area (Å²) >= 11 is 0. The molecule has 0 saturated carbocycles. The lowest BCUT2D eigenvalue weighted by Crippen LogP contribution is -2.52. The summed E-state index contributed by atoms with van der Waals surface area (Å²) in [4.78, 5) is 25.3. The number of nitrogens with zero attached hydrogens (tertiary/aromatic N) is 1. The highest BCUT2D eigenvalue weighted by atomic mass is 16.4. The minimum atomic E-state index is -0.774. The molecule has 1 aliphatic rings. The van der Waals surface area contributed by atoms with Gasteiger partial charge in [0.25, 0.3) is 0 Å². The molecule has 0 spiro atoms. The van der Waals surface area contributed by atoms with E-state index in [4.69, 9.17) is 0 Å². The summed E-state index contributed by atoms with van der Waals surface area (Å²) in [5, 5.41) is 9.34. The Balaban J connectivity index is 2.39. The molecule has 1 heterocycles. The average molecular weight is 297 g/mol. The molecule has 1 fully saturated rings. The minimum Gasteiger partial charge on any atom is -0.481 e. The fourth-order valence-corrected chi connectivity index (χ4v) is 3.38. The Bertz CT molecular complexity index is 354. The second-order valence-corrected chi connectivity index (χ2v) is 6.97. The highest BCUT2D eigenvalue weighted by Gasteiger charge is 2.41. The van der Waals surface area contributed by atoms with E-state index in [1.807, 2.05) is 13.8 Å². The number of carboxylic acids is 1. The van der Waals surface area contributed by atoms with Crippen molar-refractivity contribution in [2.24, 2.45) is 17.8 Å². The van der Waals surface area contributed by atoms with Gasteiger partial charge in [-0.2, -0.15) is 0 Å². The van der Waals surface area contributed by atoms with Crippen molar-refractivity contribution in [3.8, 4) is 0 Å². The summed E-state index contributed by atoms with van der Waals surface area (Å²) in [6.07, 6.45) is 6.18. The number of amides is 1. The number of rotatable bonds is 8. The van der Waals surface area contributed by atoms with Gasteiger partial charge in [-0.25, -0.2) is 0 Å². The molecular weight excluding hydrogens is 266 g/mol. The van der Waals surface area contributed by atoms with E-state index in [2.05, 4.69) is 13.8 Å². The topological polar surface area (TPSA) is 57.6 Å². The molecular formula is C17H31NO3. The molecule has 1 amide bonds. The van der Waals surface area contributed by atoms with Crippen LogP contribution in [0.1, 0.15) is 66.2 Å². The Labute approximate surface area is 128 Å². The molecule has 0 radical (unpaired) electrons. The molecule has 0 bridgehead atoms. The summed E-state index contributed by atoms with van der Waals surface area (Å²) in [5.41, 5.74) is 0. The van der Waals surface area contributed by atoms with Crippen molar-refractivity contribution in [1.29, 1.82) is 0 Å². The maximum Gasteiger partial charge on any atom is 0.308 e. The van der Waals surface area contributed by atoms with Crippen molar-refractivity contribution < 1.29 is 14.7 Å². The van der Waals surface area contributed by atoms with Gasteiger partial charge in [-0.3, -0.25) is 9.59 Å². The second kappa shape index (κ2) is 8.40.